The number of rotatable bonds is 7. The van der Waals surface area contributed by atoms with Crippen LogP contribution < -0.4 is 10.6 Å². The van der Waals surface area contributed by atoms with Crippen molar-refractivity contribution in [2.24, 2.45) is 10.9 Å². The molecule has 0 bridgehead atoms. The van der Waals surface area contributed by atoms with Crippen LogP contribution in [-0.4, -0.2) is 50.1 Å². The summed E-state index contributed by atoms with van der Waals surface area (Å²) in [7, 11) is 6.03. The van der Waals surface area contributed by atoms with Gasteiger partial charge >= 0.3 is 0 Å². The zero-order valence-electron chi connectivity index (χ0n) is 14.6. The first-order chi connectivity index (χ1) is 8.69. The number of aliphatic imine (C=N–C) groups is 1. The zero-order chi connectivity index (χ0) is 15.1. The minimum atomic E-state index is 0. The first kappa shape index (κ1) is 22.2. The largest absolute Gasteiger partial charge is 0.355 e. The summed E-state index contributed by atoms with van der Waals surface area (Å²) in [5.74, 6) is 1.65. The molecule has 0 radical (unpaired) electrons. The van der Waals surface area contributed by atoms with Crippen LogP contribution in [0.4, 0.5) is 0 Å². The van der Waals surface area contributed by atoms with Gasteiger partial charge in [0, 0.05) is 25.2 Å². The van der Waals surface area contributed by atoms with Crippen LogP contribution >= 0.6 is 24.0 Å². The van der Waals surface area contributed by atoms with Gasteiger partial charge in [0.1, 0.15) is 0 Å². The molecule has 0 amide bonds. The average molecular weight is 398 g/mol. The fourth-order valence-corrected chi connectivity index (χ4v) is 1.54. The Morgan fingerprint density at radius 2 is 1.70 bits per heavy atom. The van der Waals surface area contributed by atoms with Gasteiger partial charge in [0.15, 0.2) is 5.96 Å². The Morgan fingerprint density at radius 3 is 2.10 bits per heavy atom. The average Bonchev–Trinajstić information content (AvgIpc) is 2.31. The SMILES string of the molecule is CN=C(NCC(C)(C)N(C)C)NC(C)CCC(C)C.I. The van der Waals surface area contributed by atoms with Crippen molar-refractivity contribution in [3.05, 3.63) is 0 Å². The van der Waals surface area contributed by atoms with Gasteiger partial charge in [-0.15, -0.1) is 24.0 Å². The molecule has 0 aliphatic heterocycles. The Balaban J connectivity index is 0. The molecule has 0 aromatic carbocycles. The lowest BCUT2D eigenvalue weighted by Gasteiger charge is -2.33. The first-order valence-corrected chi connectivity index (χ1v) is 7.33. The topological polar surface area (TPSA) is 39.7 Å². The van der Waals surface area contributed by atoms with Crippen LogP contribution in [0.3, 0.4) is 0 Å². The standard InChI is InChI=1S/C15H34N4.HI/c1-12(2)9-10-13(3)18-14(16-6)17-11-15(4,5)19(7)8;/h12-13H,9-11H2,1-8H3,(H2,16,17,18);1H. The van der Waals surface area contributed by atoms with E-state index in [1.807, 2.05) is 7.05 Å². The highest BCUT2D eigenvalue weighted by Gasteiger charge is 2.20. The quantitative estimate of drug-likeness (QED) is 0.394. The Labute approximate surface area is 143 Å². The molecule has 4 nitrogen and oxygen atoms in total. The van der Waals surface area contributed by atoms with Crippen molar-refractivity contribution in [2.45, 2.75) is 59.0 Å². The molecule has 0 spiro atoms. The van der Waals surface area contributed by atoms with Gasteiger partial charge in [-0.3, -0.25) is 4.99 Å². The fourth-order valence-electron chi connectivity index (χ4n) is 1.54. The van der Waals surface area contributed by atoms with Crippen LogP contribution in [0.15, 0.2) is 4.99 Å². The Morgan fingerprint density at radius 1 is 1.15 bits per heavy atom. The van der Waals surface area contributed by atoms with Gasteiger partial charge in [-0.05, 0) is 53.6 Å². The van der Waals surface area contributed by atoms with Crippen molar-refractivity contribution in [3.63, 3.8) is 0 Å². The van der Waals surface area contributed by atoms with Gasteiger partial charge in [-0.25, -0.2) is 0 Å². The number of halogens is 1. The smallest absolute Gasteiger partial charge is 0.191 e. The lowest BCUT2D eigenvalue weighted by molar-refractivity contribution is 0.197. The number of guanidine groups is 1. The molecule has 1 unspecified atom stereocenters. The normalized spacial score (nSPS) is 14.2. The van der Waals surface area contributed by atoms with Gasteiger partial charge in [0.25, 0.3) is 0 Å². The molecule has 0 rings (SSSR count). The van der Waals surface area contributed by atoms with E-state index in [4.69, 9.17) is 0 Å². The molecule has 0 saturated carbocycles. The van der Waals surface area contributed by atoms with E-state index in [0.29, 0.717) is 6.04 Å². The summed E-state index contributed by atoms with van der Waals surface area (Å²) in [5, 5.41) is 6.86. The summed E-state index contributed by atoms with van der Waals surface area (Å²) in [6.45, 7) is 12.0. The van der Waals surface area contributed by atoms with Crippen LogP contribution in [0.1, 0.15) is 47.5 Å². The second-order valence-corrected chi connectivity index (χ2v) is 6.65. The van der Waals surface area contributed by atoms with E-state index < -0.39 is 0 Å². The summed E-state index contributed by atoms with van der Waals surface area (Å²) in [6.07, 6.45) is 2.42. The Kier molecular flexibility index (Phi) is 11.8. The zero-order valence-corrected chi connectivity index (χ0v) is 16.9. The maximum atomic E-state index is 4.29. The molecule has 0 heterocycles. The van der Waals surface area contributed by atoms with Crippen molar-refractivity contribution >= 4 is 29.9 Å². The van der Waals surface area contributed by atoms with E-state index in [0.717, 1.165) is 18.4 Å². The summed E-state index contributed by atoms with van der Waals surface area (Å²) >= 11 is 0. The molecule has 0 aromatic rings. The molecule has 0 aromatic heterocycles. The Bertz CT molecular complexity index is 275. The highest BCUT2D eigenvalue weighted by molar-refractivity contribution is 14.0. The number of hydrogen-bond acceptors (Lipinski definition) is 2. The highest BCUT2D eigenvalue weighted by atomic mass is 127. The summed E-state index contributed by atoms with van der Waals surface area (Å²) in [4.78, 5) is 6.51. The molecule has 1 atom stereocenters. The number of nitrogens with one attached hydrogen (secondary N) is 2. The predicted octanol–water partition coefficient (Wildman–Crippen LogP) is 2.93. The first-order valence-electron chi connectivity index (χ1n) is 7.33. The number of nitrogens with zero attached hydrogens (tertiary/aromatic N) is 2. The van der Waals surface area contributed by atoms with E-state index >= 15 is 0 Å². The monoisotopic (exact) mass is 398 g/mol. The molecule has 0 saturated heterocycles. The third kappa shape index (κ3) is 9.80. The van der Waals surface area contributed by atoms with Crippen molar-refractivity contribution in [1.82, 2.24) is 15.5 Å². The van der Waals surface area contributed by atoms with Gasteiger partial charge in [0.05, 0.1) is 0 Å². The van der Waals surface area contributed by atoms with E-state index in [1.54, 1.807) is 0 Å². The summed E-state index contributed by atoms with van der Waals surface area (Å²) in [5.41, 5.74) is 0.110. The molecular formula is C15H35IN4. The second-order valence-electron chi connectivity index (χ2n) is 6.65. The third-order valence-electron chi connectivity index (χ3n) is 3.68. The third-order valence-corrected chi connectivity index (χ3v) is 3.68. The van der Waals surface area contributed by atoms with Gasteiger partial charge in [-0.1, -0.05) is 13.8 Å². The maximum Gasteiger partial charge on any atom is 0.191 e. The van der Waals surface area contributed by atoms with Crippen LogP contribution in [-0.2, 0) is 0 Å². The van der Waals surface area contributed by atoms with E-state index in [-0.39, 0.29) is 29.5 Å². The van der Waals surface area contributed by atoms with Gasteiger partial charge in [-0.2, -0.15) is 0 Å². The van der Waals surface area contributed by atoms with Crippen LogP contribution in [0.25, 0.3) is 0 Å². The minimum absolute atomic E-state index is 0. The molecule has 2 N–H and O–H groups in total. The van der Waals surface area contributed by atoms with Crippen molar-refractivity contribution in [3.8, 4) is 0 Å². The lowest BCUT2D eigenvalue weighted by Crippen LogP contribution is -2.52. The van der Waals surface area contributed by atoms with Crippen LogP contribution in [0.5, 0.6) is 0 Å². The second kappa shape index (κ2) is 10.7. The molecule has 122 valence electrons. The molecule has 20 heavy (non-hydrogen) atoms. The van der Waals surface area contributed by atoms with Crippen LogP contribution in [0.2, 0.25) is 0 Å². The van der Waals surface area contributed by atoms with Crippen molar-refractivity contribution in [2.75, 3.05) is 27.7 Å². The van der Waals surface area contributed by atoms with Crippen molar-refractivity contribution < 1.29 is 0 Å². The van der Waals surface area contributed by atoms with Crippen LogP contribution in [0, 0.1) is 5.92 Å². The highest BCUT2D eigenvalue weighted by Crippen LogP contribution is 2.08. The lowest BCUT2D eigenvalue weighted by atomic mass is 10.0. The molecule has 0 aliphatic carbocycles. The van der Waals surface area contributed by atoms with Gasteiger partial charge in [0.2, 0.25) is 0 Å². The number of hydrogen-bond donors (Lipinski definition) is 2. The minimum Gasteiger partial charge on any atom is -0.355 e. The molecular weight excluding hydrogens is 363 g/mol. The summed E-state index contributed by atoms with van der Waals surface area (Å²) in [6, 6.07) is 0.455. The maximum absolute atomic E-state index is 4.29. The summed E-state index contributed by atoms with van der Waals surface area (Å²) < 4.78 is 0. The molecule has 0 aliphatic rings. The van der Waals surface area contributed by atoms with E-state index in [1.165, 1.54) is 12.8 Å². The molecule has 0 fully saturated rings. The Hall–Kier alpha value is -0.0400. The molecule has 5 heteroatoms. The van der Waals surface area contributed by atoms with Crippen molar-refractivity contribution in [1.29, 1.82) is 0 Å². The van der Waals surface area contributed by atoms with Gasteiger partial charge < -0.3 is 15.5 Å². The predicted molar refractivity (Wildman–Crippen MR) is 101 cm³/mol. The fraction of sp³-hybridized carbons (Fsp3) is 0.933. The number of likely N-dealkylation sites (N-methyl/N-ethyl adjacent to an activating group) is 1. The van der Waals surface area contributed by atoms with E-state index in [9.17, 15) is 0 Å². The van der Waals surface area contributed by atoms with E-state index in [2.05, 4.69) is 69.2 Å².